The fourth-order valence-corrected chi connectivity index (χ4v) is 4.52. The van der Waals surface area contributed by atoms with Crippen LogP contribution in [-0.4, -0.2) is 51.5 Å². The molecule has 0 aliphatic carbocycles. The second-order valence-corrected chi connectivity index (χ2v) is 8.15. The molecular weight excluding hydrogens is 366 g/mol. The summed E-state index contributed by atoms with van der Waals surface area (Å²) in [5, 5.41) is 2.74. The molecule has 2 aromatic rings. The quantitative estimate of drug-likeness (QED) is 0.771. The molecule has 8 heteroatoms. The van der Waals surface area contributed by atoms with Gasteiger partial charge in [-0.1, -0.05) is 42.5 Å². The van der Waals surface area contributed by atoms with E-state index in [2.05, 4.69) is 5.32 Å². The van der Waals surface area contributed by atoms with Crippen LogP contribution in [0.25, 0.3) is 0 Å². The molecule has 1 unspecified atom stereocenters. The third-order valence-electron chi connectivity index (χ3n) is 4.43. The number of rotatable bonds is 6. The van der Waals surface area contributed by atoms with E-state index in [1.165, 1.54) is 16.4 Å². The molecule has 1 fully saturated rings. The van der Waals surface area contributed by atoms with Crippen LogP contribution < -0.4 is 11.1 Å². The Morgan fingerprint density at radius 3 is 2.41 bits per heavy atom. The fraction of sp³-hybridized carbons (Fsp3) is 0.316. The molecule has 0 spiro atoms. The van der Waals surface area contributed by atoms with Gasteiger partial charge in [0.1, 0.15) is 0 Å². The lowest BCUT2D eigenvalue weighted by Crippen LogP contribution is -2.41. The molecule has 3 N–H and O–H groups in total. The highest BCUT2D eigenvalue weighted by atomic mass is 32.2. The van der Waals surface area contributed by atoms with E-state index in [0.29, 0.717) is 13.2 Å². The Kier molecular flexibility index (Phi) is 6.22. The van der Waals surface area contributed by atoms with Crippen molar-refractivity contribution in [1.82, 2.24) is 9.62 Å². The number of sulfonamides is 1. The van der Waals surface area contributed by atoms with Crippen LogP contribution >= 0.6 is 0 Å². The maximum absolute atomic E-state index is 12.9. The summed E-state index contributed by atoms with van der Waals surface area (Å²) in [6.07, 6.45) is 0. The summed E-state index contributed by atoms with van der Waals surface area (Å²) in [6.45, 7) is 1.45. The number of benzene rings is 2. The lowest BCUT2D eigenvalue weighted by molar-refractivity contribution is 0.0730. The standard InChI is InChI=1S/C19H23N3O4S/c20-17(15-6-2-1-3-7-15)14-21-19(23)16-8-4-5-9-18(16)27(24,25)22-10-12-26-13-11-22/h1-9,17H,10-14,20H2,(H,21,23). The van der Waals surface area contributed by atoms with Crippen LogP contribution in [0.2, 0.25) is 0 Å². The van der Waals surface area contributed by atoms with Gasteiger partial charge in [-0.3, -0.25) is 4.79 Å². The average Bonchev–Trinajstić information content (AvgIpc) is 2.73. The molecule has 0 saturated carbocycles. The molecular formula is C19H23N3O4S. The van der Waals surface area contributed by atoms with E-state index in [1.54, 1.807) is 12.1 Å². The molecule has 2 aromatic carbocycles. The van der Waals surface area contributed by atoms with Crippen molar-refractivity contribution in [3.8, 4) is 0 Å². The fourth-order valence-electron chi connectivity index (χ4n) is 2.92. The van der Waals surface area contributed by atoms with Crippen molar-refractivity contribution in [2.45, 2.75) is 10.9 Å². The van der Waals surface area contributed by atoms with Crippen molar-refractivity contribution in [1.29, 1.82) is 0 Å². The van der Waals surface area contributed by atoms with Crippen molar-refractivity contribution < 1.29 is 17.9 Å². The minimum absolute atomic E-state index is 0.00215. The molecule has 1 amide bonds. The molecule has 1 atom stereocenters. The number of ether oxygens (including phenoxy) is 1. The average molecular weight is 389 g/mol. The third-order valence-corrected chi connectivity index (χ3v) is 6.39. The highest BCUT2D eigenvalue weighted by Gasteiger charge is 2.30. The maximum atomic E-state index is 12.9. The zero-order valence-corrected chi connectivity index (χ0v) is 15.7. The zero-order chi connectivity index (χ0) is 19.3. The summed E-state index contributed by atoms with van der Waals surface area (Å²) < 4.78 is 32.4. The first kappa shape index (κ1) is 19.5. The molecule has 144 valence electrons. The van der Waals surface area contributed by atoms with Gasteiger partial charge in [-0.25, -0.2) is 8.42 Å². The van der Waals surface area contributed by atoms with Gasteiger partial charge in [0.25, 0.3) is 5.91 Å². The smallest absolute Gasteiger partial charge is 0.252 e. The minimum atomic E-state index is -3.77. The van der Waals surface area contributed by atoms with Crippen molar-refractivity contribution in [2.24, 2.45) is 5.73 Å². The summed E-state index contributed by atoms with van der Waals surface area (Å²) in [6, 6.07) is 15.3. The largest absolute Gasteiger partial charge is 0.379 e. The van der Waals surface area contributed by atoms with Gasteiger partial charge < -0.3 is 15.8 Å². The number of amides is 1. The van der Waals surface area contributed by atoms with Gasteiger partial charge >= 0.3 is 0 Å². The van der Waals surface area contributed by atoms with E-state index >= 15 is 0 Å². The van der Waals surface area contributed by atoms with Crippen LogP contribution in [0.3, 0.4) is 0 Å². The van der Waals surface area contributed by atoms with Crippen LogP contribution in [0.1, 0.15) is 22.0 Å². The molecule has 7 nitrogen and oxygen atoms in total. The first-order chi connectivity index (χ1) is 13.0. The molecule has 27 heavy (non-hydrogen) atoms. The van der Waals surface area contributed by atoms with E-state index < -0.39 is 15.9 Å². The Balaban J connectivity index is 1.76. The van der Waals surface area contributed by atoms with E-state index in [-0.39, 0.29) is 36.1 Å². The van der Waals surface area contributed by atoms with Crippen molar-refractivity contribution >= 4 is 15.9 Å². The normalized spacial score (nSPS) is 16.6. The second kappa shape index (κ2) is 8.62. The number of hydrogen-bond donors (Lipinski definition) is 2. The predicted molar refractivity (Wildman–Crippen MR) is 102 cm³/mol. The lowest BCUT2D eigenvalue weighted by Gasteiger charge is -2.26. The minimum Gasteiger partial charge on any atom is -0.379 e. The van der Waals surface area contributed by atoms with Gasteiger partial charge in [-0.15, -0.1) is 0 Å². The number of nitrogens with two attached hydrogens (primary N) is 1. The number of nitrogens with one attached hydrogen (secondary N) is 1. The topological polar surface area (TPSA) is 102 Å². The van der Waals surface area contributed by atoms with Crippen molar-refractivity contribution in [3.05, 3.63) is 65.7 Å². The number of morpholine rings is 1. The van der Waals surface area contributed by atoms with E-state index in [0.717, 1.165) is 5.56 Å². The van der Waals surface area contributed by atoms with Crippen molar-refractivity contribution in [2.75, 3.05) is 32.8 Å². The molecule has 0 bridgehead atoms. The SMILES string of the molecule is NC(CNC(=O)c1ccccc1S(=O)(=O)N1CCOCC1)c1ccccc1. The lowest BCUT2D eigenvalue weighted by atomic mass is 10.1. The van der Waals surface area contributed by atoms with E-state index in [9.17, 15) is 13.2 Å². The van der Waals surface area contributed by atoms with Crippen LogP contribution in [0.15, 0.2) is 59.5 Å². The van der Waals surface area contributed by atoms with Crippen LogP contribution in [0.4, 0.5) is 0 Å². The predicted octanol–water partition coefficient (Wildman–Crippen LogP) is 1.14. The molecule has 1 aliphatic heterocycles. The van der Waals surface area contributed by atoms with Gasteiger partial charge in [0.2, 0.25) is 10.0 Å². The Bertz CT molecular complexity index is 881. The van der Waals surface area contributed by atoms with Gasteiger partial charge in [0.15, 0.2) is 0 Å². The first-order valence-electron chi connectivity index (χ1n) is 8.76. The van der Waals surface area contributed by atoms with Crippen LogP contribution in [0.5, 0.6) is 0 Å². The molecule has 1 aliphatic rings. The van der Waals surface area contributed by atoms with Gasteiger partial charge in [0, 0.05) is 25.7 Å². The Hall–Kier alpha value is -2.26. The Morgan fingerprint density at radius 2 is 1.70 bits per heavy atom. The van der Waals surface area contributed by atoms with Crippen molar-refractivity contribution in [3.63, 3.8) is 0 Å². The monoisotopic (exact) mass is 389 g/mol. The number of carbonyl (C=O) groups is 1. The number of carbonyl (C=O) groups excluding carboxylic acids is 1. The zero-order valence-electron chi connectivity index (χ0n) is 14.9. The third kappa shape index (κ3) is 4.54. The summed E-state index contributed by atoms with van der Waals surface area (Å²) >= 11 is 0. The second-order valence-electron chi connectivity index (χ2n) is 6.24. The Morgan fingerprint density at radius 1 is 1.07 bits per heavy atom. The summed E-state index contributed by atoms with van der Waals surface area (Å²) in [5.41, 5.74) is 7.12. The summed E-state index contributed by atoms with van der Waals surface area (Å²) in [5.74, 6) is -0.464. The van der Waals surface area contributed by atoms with Crippen LogP contribution in [-0.2, 0) is 14.8 Å². The number of nitrogens with zero attached hydrogens (tertiary/aromatic N) is 1. The molecule has 0 aromatic heterocycles. The maximum Gasteiger partial charge on any atom is 0.252 e. The summed E-state index contributed by atoms with van der Waals surface area (Å²) in [7, 11) is -3.77. The van der Waals surface area contributed by atoms with Crippen LogP contribution in [0, 0.1) is 0 Å². The van der Waals surface area contributed by atoms with Gasteiger partial charge in [-0.05, 0) is 17.7 Å². The van der Waals surface area contributed by atoms with Gasteiger partial charge in [-0.2, -0.15) is 4.31 Å². The Labute approximate surface area is 159 Å². The molecule has 3 rings (SSSR count). The van der Waals surface area contributed by atoms with E-state index in [1.807, 2.05) is 30.3 Å². The highest BCUT2D eigenvalue weighted by Crippen LogP contribution is 2.21. The first-order valence-corrected chi connectivity index (χ1v) is 10.2. The van der Waals surface area contributed by atoms with E-state index in [4.69, 9.17) is 10.5 Å². The highest BCUT2D eigenvalue weighted by molar-refractivity contribution is 7.89. The molecule has 0 radical (unpaired) electrons. The number of hydrogen-bond acceptors (Lipinski definition) is 5. The molecule has 1 heterocycles. The molecule has 1 saturated heterocycles. The van der Waals surface area contributed by atoms with Gasteiger partial charge in [0.05, 0.1) is 23.7 Å². The summed E-state index contributed by atoms with van der Waals surface area (Å²) in [4.78, 5) is 12.7.